The van der Waals surface area contributed by atoms with Gasteiger partial charge >= 0.3 is 0 Å². The van der Waals surface area contributed by atoms with Crippen molar-refractivity contribution in [2.75, 3.05) is 37.6 Å². The Morgan fingerprint density at radius 1 is 0.871 bits per heavy atom. The summed E-state index contributed by atoms with van der Waals surface area (Å²) in [6.45, 7) is 15.6. The van der Waals surface area contributed by atoms with Crippen molar-refractivity contribution in [3.8, 4) is 0 Å². The average molecular weight is 443 g/mol. The highest BCUT2D eigenvalue weighted by Gasteiger charge is 2.32. The molecule has 1 saturated carbocycles. The van der Waals surface area contributed by atoms with Gasteiger partial charge in [0.15, 0.2) is 0 Å². The van der Waals surface area contributed by atoms with E-state index in [9.17, 15) is 0 Å². The molecule has 31 heavy (non-hydrogen) atoms. The van der Waals surface area contributed by atoms with Crippen LogP contribution in [0.1, 0.15) is 77.7 Å². The molecule has 0 N–H and O–H groups in total. The highest BCUT2D eigenvalue weighted by atomic mass is 35.5. The van der Waals surface area contributed by atoms with Crippen LogP contribution in [0.25, 0.3) is 10.8 Å². The number of rotatable bonds is 5. The molecule has 4 rings (SSSR count). The van der Waals surface area contributed by atoms with Gasteiger partial charge in [0, 0.05) is 37.3 Å². The van der Waals surface area contributed by atoms with Gasteiger partial charge in [-0.3, -0.25) is 4.90 Å². The van der Waals surface area contributed by atoms with Crippen LogP contribution in [0, 0.1) is 11.3 Å². The lowest BCUT2D eigenvalue weighted by Gasteiger charge is -2.41. The molecule has 2 aromatic carbocycles. The van der Waals surface area contributed by atoms with Gasteiger partial charge in [-0.25, -0.2) is 0 Å². The highest BCUT2D eigenvalue weighted by molar-refractivity contribution is 5.96. The van der Waals surface area contributed by atoms with Gasteiger partial charge < -0.3 is 4.90 Å². The summed E-state index contributed by atoms with van der Waals surface area (Å²) in [7, 11) is 0. The van der Waals surface area contributed by atoms with Gasteiger partial charge in [0.25, 0.3) is 0 Å². The first-order valence-electron chi connectivity index (χ1n) is 12.5. The molecule has 0 amide bonds. The third-order valence-corrected chi connectivity index (χ3v) is 7.84. The first kappa shape index (κ1) is 24.4. The Bertz CT molecular complexity index is 825. The third-order valence-electron chi connectivity index (χ3n) is 7.84. The number of hydrogen-bond acceptors (Lipinski definition) is 2. The molecule has 1 saturated heterocycles. The molecule has 2 nitrogen and oxygen atoms in total. The minimum Gasteiger partial charge on any atom is -0.368 e. The highest BCUT2D eigenvalue weighted by Crippen LogP contribution is 2.46. The molecule has 1 aliphatic heterocycles. The maximum Gasteiger partial charge on any atom is 0.0482 e. The number of anilines is 1. The van der Waals surface area contributed by atoms with E-state index in [1.54, 1.807) is 11.3 Å². The summed E-state index contributed by atoms with van der Waals surface area (Å²) in [5.41, 5.74) is 3.64. The van der Waals surface area contributed by atoms with Crippen LogP contribution in [-0.2, 0) is 0 Å². The van der Waals surface area contributed by atoms with Crippen molar-refractivity contribution < 1.29 is 0 Å². The quantitative estimate of drug-likeness (QED) is 0.472. The van der Waals surface area contributed by atoms with Gasteiger partial charge in [-0.2, -0.15) is 0 Å². The van der Waals surface area contributed by atoms with Gasteiger partial charge in [0.05, 0.1) is 0 Å². The molecule has 2 fully saturated rings. The molecule has 2 aromatic rings. The first-order valence-corrected chi connectivity index (χ1v) is 12.5. The average Bonchev–Trinajstić information content (AvgIpc) is 2.77. The van der Waals surface area contributed by atoms with Crippen molar-refractivity contribution in [2.45, 2.75) is 72.1 Å². The second-order valence-electron chi connectivity index (χ2n) is 10.8. The van der Waals surface area contributed by atoms with E-state index in [0.717, 1.165) is 11.8 Å². The molecule has 172 valence electrons. The fourth-order valence-electron chi connectivity index (χ4n) is 5.80. The van der Waals surface area contributed by atoms with E-state index in [4.69, 9.17) is 0 Å². The molecule has 1 heterocycles. The largest absolute Gasteiger partial charge is 0.368 e. The number of piperazine rings is 1. The van der Waals surface area contributed by atoms with Crippen LogP contribution >= 0.6 is 12.4 Å². The molecule has 2 aliphatic rings. The Balaban J connectivity index is 0.00000272. The van der Waals surface area contributed by atoms with Crippen molar-refractivity contribution in [1.29, 1.82) is 0 Å². The Morgan fingerprint density at radius 2 is 1.55 bits per heavy atom. The van der Waals surface area contributed by atoms with E-state index < -0.39 is 0 Å². The Hall–Kier alpha value is -1.25. The van der Waals surface area contributed by atoms with Crippen molar-refractivity contribution in [1.82, 2.24) is 4.90 Å². The molecule has 0 bridgehead atoms. The van der Waals surface area contributed by atoms with Crippen LogP contribution < -0.4 is 4.90 Å². The predicted octanol–water partition coefficient (Wildman–Crippen LogP) is 7.50. The predicted molar refractivity (Wildman–Crippen MR) is 139 cm³/mol. The smallest absolute Gasteiger partial charge is 0.0482 e. The Kier molecular flexibility index (Phi) is 8.32. The van der Waals surface area contributed by atoms with E-state index >= 15 is 0 Å². The lowest BCUT2D eigenvalue weighted by molar-refractivity contribution is 0.169. The number of hydrogen-bond donors (Lipinski definition) is 0. The lowest BCUT2D eigenvalue weighted by atomic mass is 9.68. The van der Waals surface area contributed by atoms with Gasteiger partial charge in [-0.05, 0) is 66.8 Å². The second-order valence-corrected chi connectivity index (χ2v) is 10.8. The van der Waals surface area contributed by atoms with E-state index in [1.807, 2.05) is 0 Å². The SMILES string of the molecule is CCCCN1CCN(c2c(C3CCC(C(C)(C)C)CC3)ccc3ccccc23)CC1.Cl. The summed E-state index contributed by atoms with van der Waals surface area (Å²) in [5, 5.41) is 2.86. The number of halogens is 1. The van der Waals surface area contributed by atoms with E-state index in [0.29, 0.717) is 5.41 Å². The number of nitrogens with zero attached hydrogens (tertiary/aromatic N) is 2. The fourth-order valence-corrected chi connectivity index (χ4v) is 5.80. The van der Waals surface area contributed by atoms with Crippen molar-refractivity contribution >= 4 is 28.9 Å². The normalized spacial score (nSPS) is 23.0. The third kappa shape index (κ3) is 5.57. The summed E-state index contributed by atoms with van der Waals surface area (Å²) < 4.78 is 0. The molecule has 3 heteroatoms. The maximum atomic E-state index is 2.72. The van der Waals surface area contributed by atoms with Crippen LogP contribution in [0.2, 0.25) is 0 Å². The van der Waals surface area contributed by atoms with Crippen molar-refractivity contribution in [3.05, 3.63) is 42.0 Å². The van der Waals surface area contributed by atoms with E-state index in [2.05, 4.69) is 73.9 Å². The standard InChI is InChI=1S/C28H42N2.ClH/c1-5-6-17-29-18-20-30(21-19-29)27-25-10-8-7-9-22(25)13-16-26(27)23-11-14-24(15-12-23)28(2,3)4;/h7-10,13,16,23-24H,5-6,11-12,14-15,17-21H2,1-4H3;1H. The van der Waals surface area contributed by atoms with Crippen LogP contribution in [0.4, 0.5) is 5.69 Å². The van der Waals surface area contributed by atoms with Crippen LogP contribution in [-0.4, -0.2) is 37.6 Å². The summed E-state index contributed by atoms with van der Waals surface area (Å²) >= 11 is 0. The number of benzene rings is 2. The van der Waals surface area contributed by atoms with Crippen LogP contribution in [0.3, 0.4) is 0 Å². The maximum absolute atomic E-state index is 2.72. The number of unbranched alkanes of at least 4 members (excludes halogenated alkanes) is 1. The van der Waals surface area contributed by atoms with Gasteiger partial charge in [-0.1, -0.05) is 70.5 Å². The first-order chi connectivity index (χ1) is 14.5. The molecular weight excluding hydrogens is 400 g/mol. The van der Waals surface area contributed by atoms with Crippen LogP contribution in [0.5, 0.6) is 0 Å². The molecule has 0 radical (unpaired) electrons. The molecule has 1 aliphatic carbocycles. The molecule has 0 spiro atoms. The van der Waals surface area contributed by atoms with Gasteiger partial charge in [0.1, 0.15) is 0 Å². The van der Waals surface area contributed by atoms with E-state index in [-0.39, 0.29) is 12.4 Å². The molecule has 0 unspecified atom stereocenters. The molecular formula is C28H43ClN2. The summed E-state index contributed by atoms with van der Waals surface area (Å²) in [4.78, 5) is 5.38. The monoisotopic (exact) mass is 442 g/mol. The lowest BCUT2D eigenvalue weighted by Crippen LogP contribution is -2.47. The minimum absolute atomic E-state index is 0. The zero-order chi connectivity index (χ0) is 21.1. The topological polar surface area (TPSA) is 6.48 Å². The van der Waals surface area contributed by atoms with E-state index in [1.165, 1.54) is 82.0 Å². The summed E-state index contributed by atoms with van der Waals surface area (Å²) in [6.07, 6.45) is 8.09. The van der Waals surface area contributed by atoms with Crippen LogP contribution in [0.15, 0.2) is 36.4 Å². The summed E-state index contributed by atoms with van der Waals surface area (Å²) in [5.74, 6) is 1.60. The fraction of sp³-hybridized carbons (Fsp3) is 0.643. The zero-order valence-electron chi connectivity index (χ0n) is 20.2. The Labute approximate surface area is 196 Å². The van der Waals surface area contributed by atoms with Gasteiger partial charge in [0.2, 0.25) is 0 Å². The summed E-state index contributed by atoms with van der Waals surface area (Å²) in [6, 6.07) is 13.9. The zero-order valence-corrected chi connectivity index (χ0v) is 21.0. The number of fused-ring (bicyclic) bond motifs is 1. The Morgan fingerprint density at radius 3 is 2.19 bits per heavy atom. The van der Waals surface area contributed by atoms with Crippen molar-refractivity contribution in [3.63, 3.8) is 0 Å². The minimum atomic E-state index is 0. The molecule has 0 atom stereocenters. The van der Waals surface area contributed by atoms with Gasteiger partial charge in [-0.15, -0.1) is 12.4 Å². The van der Waals surface area contributed by atoms with Crippen molar-refractivity contribution in [2.24, 2.45) is 11.3 Å². The second kappa shape index (κ2) is 10.6. The molecule has 0 aromatic heterocycles.